The molecule has 0 aliphatic carbocycles. The van der Waals surface area contributed by atoms with Crippen molar-refractivity contribution >= 4 is 0 Å². The zero-order chi connectivity index (χ0) is 14.4. The number of halogens is 2. The van der Waals surface area contributed by atoms with E-state index in [4.69, 9.17) is 0 Å². The van der Waals surface area contributed by atoms with E-state index < -0.39 is 0 Å². The number of unbranched alkanes of at least 4 members (excludes halogenated alkanes) is 10. The topological polar surface area (TPSA) is 36.5 Å². The van der Waals surface area contributed by atoms with Crippen LogP contribution in [0.15, 0.2) is 0 Å². The van der Waals surface area contributed by atoms with Gasteiger partial charge in [0.05, 0.1) is 27.2 Å². The molecule has 0 radical (unpaired) electrons. The van der Waals surface area contributed by atoms with E-state index in [2.05, 4.69) is 27.9 Å². The predicted molar refractivity (Wildman–Crippen MR) is 94.6 cm³/mol. The Kier molecular flexibility index (Phi) is 29.7. The summed E-state index contributed by atoms with van der Waals surface area (Å²) in [5.74, 6) is 0. The second kappa shape index (κ2) is 21.5. The highest BCUT2D eigenvalue weighted by molar-refractivity contribution is 4.46. The van der Waals surface area contributed by atoms with Crippen LogP contribution in [-0.4, -0.2) is 31.7 Å². The standard InChI is InChI=1S/C18H40N.2ClH.H3N/c1-5-7-9-11-13-15-17-19(3,4)18-16-14-12-10-8-6-2;;;/h5-18H2,1-4H3;2*1H;1H3/q+1;;;/p-1. The van der Waals surface area contributed by atoms with Gasteiger partial charge in [-0.15, -0.1) is 0 Å². The van der Waals surface area contributed by atoms with Gasteiger partial charge in [0.15, 0.2) is 0 Å². The second-order valence-electron chi connectivity index (χ2n) is 6.92. The van der Waals surface area contributed by atoms with Crippen LogP contribution < -0.4 is 31.0 Å². The van der Waals surface area contributed by atoms with Crippen molar-refractivity contribution in [2.75, 3.05) is 27.2 Å². The fraction of sp³-hybridized carbons (Fsp3) is 1.00. The first-order valence-corrected chi connectivity index (χ1v) is 8.94. The summed E-state index contributed by atoms with van der Waals surface area (Å²) in [5, 5.41) is 0. The quantitative estimate of drug-likeness (QED) is 0.339. The summed E-state index contributed by atoms with van der Waals surface area (Å²) >= 11 is 0. The maximum atomic E-state index is 2.41. The van der Waals surface area contributed by atoms with E-state index in [1.54, 1.807) is 0 Å². The van der Waals surface area contributed by atoms with Crippen molar-refractivity contribution in [3.8, 4) is 0 Å². The number of nitrogens with zero attached hydrogens (tertiary/aromatic N) is 1. The SMILES string of the molecule is CCCCCCCC[N+](C)(C)CCCCCCCC.[Cl-].[Cl-].[NH4+]. The van der Waals surface area contributed by atoms with Gasteiger partial charge in [-0.25, -0.2) is 0 Å². The maximum Gasteiger partial charge on any atom is 0.0782 e. The Labute approximate surface area is 153 Å². The van der Waals surface area contributed by atoms with Gasteiger partial charge in [-0.1, -0.05) is 65.2 Å². The summed E-state index contributed by atoms with van der Waals surface area (Å²) in [4.78, 5) is 0. The highest BCUT2D eigenvalue weighted by Gasteiger charge is 2.13. The molecule has 140 valence electrons. The molecule has 0 aliphatic rings. The first kappa shape index (κ1) is 30.4. The van der Waals surface area contributed by atoms with Crippen LogP contribution in [0.25, 0.3) is 0 Å². The third kappa shape index (κ3) is 22.8. The number of quaternary nitrogens is 2. The van der Waals surface area contributed by atoms with Crippen molar-refractivity contribution in [1.29, 1.82) is 0 Å². The first-order valence-electron chi connectivity index (χ1n) is 8.94. The summed E-state index contributed by atoms with van der Waals surface area (Å²) in [5.41, 5.74) is 0. The lowest BCUT2D eigenvalue weighted by molar-refractivity contribution is -0.890. The summed E-state index contributed by atoms with van der Waals surface area (Å²) in [6.07, 6.45) is 17.1. The average molecular weight is 359 g/mol. The Bertz CT molecular complexity index is 170. The van der Waals surface area contributed by atoms with Gasteiger partial charge in [-0.2, -0.15) is 0 Å². The van der Waals surface area contributed by atoms with Gasteiger partial charge in [0.1, 0.15) is 0 Å². The van der Waals surface area contributed by atoms with Crippen LogP contribution in [0.3, 0.4) is 0 Å². The van der Waals surface area contributed by atoms with Crippen LogP contribution in [-0.2, 0) is 0 Å². The Morgan fingerprint density at radius 2 is 0.773 bits per heavy atom. The molecule has 4 heteroatoms. The average Bonchev–Trinajstić information content (AvgIpc) is 2.38. The highest BCUT2D eigenvalue weighted by atomic mass is 35.5. The Balaban J connectivity index is -0.000000540. The molecule has 4 N–H and O–H groups in total. The molecule has 0 fully saturated rings. The lowest BCUT2D eigenvalue weighted by atomic mass is 10.1. The third-order valence-corrected chi connectivity index (χ3v) is 4.23. The molecule has 0 aliphatic heterocycles. The minimum absolute atomic E-state index is 0. The zero-order valence-electron chi connectivity index (χ0n) is 16.1. The monoisotopic (exact) mass is 358 g/mol. The molecule has 0 saturated heterocycles. The molecule has 22 heavy (non-hydrogen) atoms. The molecule has 0 rings (SSSR count). The zero-order valence-corrected chi connectivity index (χ0v) is 17.6. The Hall–Kier alpha value is 0.500. The molecule has 0 unspecified atom stereocenters. The van der Waals surface area contributed by atoms with Crippen LogP contribution in [0, 0.1) is 0 Å². The van der Waals surface area contributed by atoms with Crippen molar-refractivity contribution < 1.29 is 29.3 Å². The molecule has 0 aromatic rings. The van der Waals surface area contributed by atoms with Crippen LogP contribution in [0.4, 0.5) is 0 Å². The second-order valence-corrected chi connectivity index (χ2v) is 6.92. The van der Waals surface area contributed by atoms with E-state index in [9.17, 15) is 0 Å². The minimum Gasteiger partial charge on any atom is -1.00 e. The van der Waals surface area contributed by atoms with Crippen molar-refractivity contribution in [1.82, 2.24) is 6.15 Å². The van der Waals surface area contributed by atoms with Crippen molar-refractivity contribution in [3.63, 3.8) is 0 Å². The molecule has 0 heterocycles. The van der Waals surface area contributed by atoms with E-state index in [0.29, 0.717) is 0 Å². The van der Waals surface area contributed by atoms with E-state index >= 15 is 0 Å². The molecule has 0 spiro atoms. The molecule has 0 amide bonds. The lowest BCUT2D eigenvalue weighted by Crippen LogP contribution is -3.00. The summed E-state index contributed by atoms with van der Waals surface area (Å²) < 4.78 is 1.24. The van der Waals surface area contributed by atoms with Crippen molar-refractivity contribution in [2.24, 2.45) is 0 Å². The van der Waals surface area contributed by atoms with Gasteiger partial charge in [0.25, 0.3) is 0 Å². The van der Waals surface area contributed by atoms with E-state index in [1.165, 1.54) is 94.6 Å². The van der Waals surface area contributed by atoms with Crippen LogP contribution >= 0.6 is 0 Å². The van der Waals surface area contributed by atoms with E-state index in [0.717, 1.165) is 0 Å². The summed E-state index contributed by atoms with van der Waals surface area (Å²) in [6, 6.07) is 0. The number of rotatable bonds is 14. The highest BCUT2D eigenvalue weighted by Crippen LogP contribution is 2.11. The molecule has 2 nitrogen and oxygen atoms in total. The van der Waals surface area contributed by atoms with Gasteiger partial charge in [-0.3, -0.25) is 0 Å². The predicted octanol–water partition coefficient (Wildman–Crippen LogP) is 0.168. The van der Waals surface area contributed by atoms with Crippen LogP contribution in [0.5, 0.6) is 0 Å². The van der Waals surface area contributed by atoms with E-state index in [1.807, 2.05) is 0 Å². The van der Waals surface area contributed by atoms with Gasteiger partial charge in [0, 0.05) is 0 Å². The molecule has 0 bridgehead atoms. The minimum atomic E-state index is 0. The molecular formula is C18H44Cl2N2. The molecule has 0 atom stereocenters. The van der Waals surface area contributed by atoms with E-state index in [-0.39, 0.29) is 31.0 Å². The molecule has 0 aromatic carbocycles. The molecule has 0 aromatic heterocycles. The van der Waals surface area contributed by atoms with Crippen LogP contribution in [0.2, 0.25) is 0 Å². The fourth-order valence-corrected chi connectivity index (χ4v) is 2.75. The van der Waals surface area contributed by atoms with Crippen molar-refractivity contribution in [3.05, 3.63) is 0 Å². The van der Waals surface area contributed by atoms with Gasteiger partial charge < -0.3 is 35.4 Å². The first-order chi connectivity index (χ1) is 9.12. The third-order valence-electron chi connectivity index (χ3n) is 4.23. The van der Waals surface area contributed by atoms with Gasteiger partial charge in [-0.05, 0) is 25.7 Å². The number of hydrogen-bond donors (Lipinski definition) is 1. The van der Waals surface area contributed by atoms with Crippen LogP contribution in [0.1, 0.15) is 90.9 Å². The Morgan fingerprint density at radius 3 is 1.09 bits per heavy atom. The smallest absolute Gasteiger partial charge is 0.0782 e. The normalized spacial score (nSPS) is 10.4. The molecular weight excluding hydrogens is 315 g/mol. The largest absolute Gasteiger partial charge is 1.00 e. The Morgan fingerprint density at radius 1 is 0.500 bits per heavy atom. The lowest BCUT2D eigenvalue weighted by Gasteiger charge is -2.30. The van der Waals surface area contributed by atoms with Crippen molar-refractivity contribution in [2.45, 2.75) is 90.9 Å². The number of hydrogen-bond acceptors (Lipinski definition) is 0. The fourth-order valence-electron chi connectivity index (χ4n) is 2.75. The summed E-state index contributed by atoms with van der Waals surface area (Å²) in [6.45, 7) is 7.34. The summed E-state index contributed by atoms with van der Waals surface area (Å²) in [7, 11) is 4.83. The van der Waals surface area contributed by atoms with Gasteiger partial charge >= 0.3 is 0 Å². The molecule has 0 saturated carbocycles. The maximum absolute atomic E-state index is 2.41. The van der Waals surface area contributed by atoms with Gasteiger partial charge in [0.2, 0.25) is 0 Å².